The number of aliphatic hydroxyl groups is 1. The van der Waals surface area contributed by atoms with Crippen molar-refractivity contribution in [3.63, 3.8) is 0 Å². The molecule has 0 bridgehead atoms. The summed E-state index contributed by atoms with van der Waals surface area (Å²) in [5.41, 5.74) is 1.22. The maximum Gasteiger partial charge on any atom is 0.146 e. The molecule has 0 radical (unpaired) electrons. The Morgan fingerprint density at radius 1 is 1.53 bits per heavy atom. The number of aliphatic hydroxyl groups excluding tert-OH is 1. The summed E-state index contributed by atoms with van der Waals surface area (Å²) in [4.78, 5) is 1.98. The third-order valence-electron chi connectivity index (χ3n) is 3.27. The molecule has 4 heteroatoms. The van der Waals surface area contributed by atoms with Gasteiger partial charge in [-0.2, -0.15) is 11.8 Å². The van der Waals surface area contributed by atoms with E-state index in [2.05, 4.69) is 0 Å². The number of benzene rings is 1. The molecular formula is C13H18FNOS. The van der Waals surface area contributed by atoms with Crippen LogP contribution in [0, 0.1) is 5.82 Å². The topological polar surface area (TPSA) is 23.5 Å². The first-order valence-electron chi connectivity index (χ1n) is 5.88. The predicted octanol–water partition coefficient (Wildman–Crippen LogP) is 2.82. The van der Waals surface area contributed by atoms with Gasteiger partial charge in [-0.05, 0) is 25.2 Å². The lowest BCUT2D eigenvalue weighted by atomic mass is 10.1. The van der Waals surface area contributed by atoms with Gasteiger partial charge in [-0.15, -0.1) is 0 Å². The summed E-state index contributed by atoms with van der Waals surface area (Å²) in [7, 11) is 1.92. The summed E-state index contributed by atoms with van der Waals surface area (Å²) in [6, 6.07) is 5.27. The van der Waals surface area contributed by atoms with Crippen molar-refractivity contribution < 1.29 is 9.50 Å². The standard InChI is InChI=1S/C13H18FNOS/c1-9(16)11-4-3-5-12(14)13(11)15(2)10-6-7-17-8-10/h3-5,9-10,16H,6-8H2,1-2H3/t9-,10?/m0/s1. The van der Waals surface area contributed by atoms with Gasteiger partial charge in [-0.1, -0.05) is 12.1 Å². The Hall–Kier alpha value is -0.740. The summed E-state index contributed by atoms with van der Waals surface area (Å²) < 4.78 is 14.0. The number of halogens is 1. The molecule has 1 fully saturated rings. The Morgan fingerprint density at radius 2 is 2.29 bits per heavy atom. The van der Waals surface area contributed by atoms with Crippen LogP contribution >= 0.6 is 11.8 Å². The number of anilines is 1. The monoisotopic (exact) mass is 255 g/mol. The minimum Gasteiger partial charge on any atom is -0.389 e. The first-order chi connectivity index (χ1) is 8.11. The van der Waals surface area contributed by atoms with E-state index < -0.39 is 6.10 Å². The lowest BCUT2D eigenvalue weighted by molar-refractivity contribution is 0.199. The third kappa shape index (κ3) is 2.58. The van der Waals surface area contributed by atoms with Crippen LogP contribution in [0.15, 0.2) is 18.2 Å². The van der Waals surface area contributed by atoms with Crippen molar-refractivity contribution in [1.82, 2.24) is 0 Å². The van der Waals surface area contributed by atoms with E-state index in [4.69, 9.17) is 0 Å². The van der Waals surface area contributed by atoms with Crippen molar-refractivity contribution in [2.24, 2.45) is 0 Å². The molecule has 94 valence electrons. The Kier molecular flexibility index (Phi) is 3.94. The number of hydrogen-bond acceptors (Lipinski definition) is 3. The van der Waals surface area contributed by atoms with Crippen LogP contribution in [-0.4, -0.2) is 29.7 Å². The molecule has 1 heterocycles. The highest BCUT2D eigenvalue weighted by Gasteiger charge is 2.25. The zero-order valence-electron chi connectivity index (χ0n) is 10.2. The second-order valence-corrected chi connectivity index (χ2v) is 5.63. The molecule has 2 rings (SSSR count). The highest BCUT2D eigenvalue weighted by atomic mass is 32.2. The van der Waals surface area contributed by atoms with Gasteiger partial charge in [0.15, 0.2) is 0 Å². The number of nitrogens with zero attached hydrogens (tertiary/aromatic N) is 1. The Morgan fingerprint density at radius 3 is 2.88 bits per heavy atom. The minimum absolute atomic E-state index is 0.247. The Labute approximate surface area is 106 Å². The molecule has 1 saturated heterocycles. The number of para-hydroxylation sites is 1. The highest BCUT2D eigenvalue weighted by molar-refractivity contribution is 7.99. The average Bonchev–Trinajstić information content (AvgIpc) is 2.81. The summed E-state index contributed by atoms with van der Waals surface area (Å²) in [5.74, 6) is 1.92. The van der Waals surface area contributed by atoms with E-state index in [9.17, 15) is 9.50 Å². The molecule has 1 aliphatic rings. The molecule has 2 nitrogen and oxygen atoms in total. The lowest BCUT2D eigenvalue weighted by Crippen LogP contribution is -2.33. The van der Waals surface area contributed by atoms with Gasteiger partial charge in [0.05, 0.1) is 11.8 Å². The fourth-order valence-electron chi connectivity index (χ4n) is 2.25. The smallest absolute Gasteiger partial charge is 0.146 e. The van der Waals surface area contributed by atoms with E-state index in [0.29, 0.717) is 17.3 Å². The fraction of sp³-hybridized carbons (Fsp3) is 0.538. The van der Waals surface area contributed by atoms with E-state index in [1.807, 2.05) is 23.7 Å². The van der Waals surface area contributed by atoms with E-state index in [-0.39, 0.29) is 5.82 Å². The molecule has 0 aromatic heterocycles. The molecular weight excluding hydrogens is 237 g/mol. The first-order valence-corrected chi connectivity index (χ1v) is 7.03. The summed E-state index contributed by atoms with van der Waals surface area (Å²) in [6.45, 7) is 1.68. The summed E-state index contributed by atoms with van der Waals surface area (Å²) in [6.07, 6.45) is 0.437. The third-order valence-corrected chi connectivity index (χ3v) is 4.42. The van der Waals surface area contributed by atoms with Gasteiger partial charge >= 0.3 is 0 Å². The van der Waals surface area contributed by atoms with Crippen LogP contribution in [0.25, 0.3) is 0 Å². The van der Waals surface area contributed by atoms with Crippen LogP contribution in [0.4, 0.5) is 10.1 Å². The van der Waals surface area contributed by atoms with Crippen LogP contribution in [0.3, 0.4) is 0 Å². The highest BCUT2D eigenvalue weighted by Crippen LogP contribution is 2.33. The van der Waals surface area contributed by atoms with Gasteiger partial charge in [0, 0.05) is 24.4 Å². The van der Waals surface area contributed by atoms with E-state index in [1.165, 1.54) is 6.07 Å². The average molecular weight is 255 g/mol. The first kappa shape index (κ1) is 12.7. The molecule has 1 aromatic rings. The quantitative estimate of drug-likeness (QED) is 0.898. The summed E-state index contributed by atoms with van der Waals surface area (Å²) in [5, 5.41) is 9.72. The van der Waals surface area contributed by atoms with Gasteiger partial charge in [0.2, 0.25) is 0 Å². The molecule has 0 amide bonds. The largest absolute Gasteiger partial charge is 0.389 e. The maximum atomic E-state index is 14.0. The van der Waals surface area contributed by atoms with Crippen molar-refractivity contribution in [2.45, 2.75) is 25.5 Å². The second kappa shape index (κ2) is 5.27. The SMILES string of the molecule is C[C@H](O)c1cccc(F)c1N(C)C1CCSC1. The Balaban J connectivity index is 2.35. The molecule has 1 N–H and O–H groups in total. The van der Waals surface area contributed by atoms with Gasteiger partial charge in [-0.3, -0.25) is 0 Å². The zero-order valence-corrected chi connectivity index (χ0v) is 11.0. The number of hydrogen-bond donors (Lipinski definition) is 1. The molecule has 0 spiro atoms. The van der Waals surface area contributed by atoms with Crippen LogP contribution in [0.2, 0.25) is 0 Å². The number of rotatable bonds is 3. The zero-order chi connectivity index (χ0) is 12.4. The molecule has 1 aliphatic heterocycles. The molecule has 0 aliphatic carbocycles. The van der Waals surface area contributed by atoms with Crippen LogP contribution in [0.5, 0.6) is 0 Å². The van der Waals surface area contributed by atoms with Crippen molar-refractivity contribution in [1.29, 1.82) is 0 Å². The van der Waals surface area contributed by atoms with Crippen LogP contribution in [-0.2, 0) is 0 Å². The Bertz CT molecular complexity index is 391. The van der Waals surface area contributed by atoms with Gasteiger partial charge in [0.25, 0.3) is 0 Å². The van der Waals surface area contributed by atoms with Gasteiger partial charge < -0.3 is 10.0 Å². The molecule has 1 aromatic carbocycles. The summed E-state index contributed by atoms with van der Waals surface area (Å²) >= 11 is 1.90. The van der Waals surface area contributed by atoms with Crippen molar-refractivity contribution >= 4 is 17.4 Å². The van der Waals surface area contributed by atoms with Crippen LogP contribution < -0.4 is 4.90 Å². The van der Waals surface area contributed by atoms with Crippen molar-refractivity contribution in [3.05, 3.63) is 29.6 Å². The normalized spacial score (nSPS) is 21.5. The molecule has 2 atom stereocenters. The van der Waals surface area contributed by atoms with E-state index in [1.54, 1.807) is 19.1 Å². The van der Waals surface area contributed by atoms with Gasteiger partial charge in [0.1, 0.15) is 5.82 Å². The van der Waals surface area contributed by atoms with Crippen LogP contribution in [0.1, 0.15) is 25.0 Å². The fourth-order valence-corrected chi connectivity index (χ4v) is 3.52. The lowest BCUT2D eigenvalue weighted by Gasteiger charge is -2.29. The molecule has 17 heavy (non-hydrogen) atoms. The number of thioether (sulfide) groups is 1. The maximum absolute atomic E-state index is 14.0. The van der Waals surface area contributed by atoms with Gasteiger partial charge in [-0.25, -0.2) is 4.39 Å². The van der Waals surface area contributed by atoms with E-state index in [0.717, 1.165) is 17.9 Å². The van der Waals surface area contributed by atoms with Crippen molar-refractivity contribution in [2.75, 3.05) is 23.5 Å². The molecule has 1 unspecified atom stereocenters. The van der Waals surface area contributed by atoms with Crippen molar-refractivity contribution in [3.8, 4) is 0 Å². The predicted molar refractivity (Wildman–Crippen MR) is 71.2 cm³/mol. The molecule has 0 saturated carbocycles. The minimum atomic E-state index is -0.641. The van der Waals surface area contributed by atoms with E-state index >= 15 is 0 Å². The second-order valence-electron chi connectivity index (χ2n) is 4.48.